The first-order valence-corrected chi connectivity index (χ1v) is 17.1. The highest BCUT2D eigenvalue weighted by molar-refractivity contribution is 7.26. The fourth-order valence-electron chi connectivity index (χ4n) is 6.77. The molecule has 0 unspecified atom stereocenters. The predicted octanol–water partition coefficient (Wildman–Crippen LogP) is 12.5. The van der Waals surface area contributed by atoms with Gasteiger partial charge in [0.2, 0.25) is 0 Å². The quantitative estimate of drug-likeness (QED) is 0.184. The van der Waals surface area contributed by atoms with Crippen molar-refractivity contribution >= 4 is 53.4 Å². The lowest BCUT2D eigenvalue weighted by Gasteiger charge is -2.10. The van der Waals surface area contributed by atoms with Gasteiger partial charge in [0.25, 0.3) is 0 Å². The molecule has 3 aromatic heterocycles. The van der Waals surface area contributed by atoms with Crippen molar-refractivity contribution in [1.29, 1.82) is 0 Å². The van der Waals surface area contributed by atoms with E-state index in [1.165, 1.54) is 0 Å². The molecule has 0 N–H and O–H groups in total. The molecule has 0 fully saturated rings. The maximum atomic E-state index is 8.87. The van der Waals surface area contributed by atoms with Crippen molar-refractivity contribution in [3.63, 3.8) is 0 Å². The smallest absolute Gasteiger partial charge is 0.165 e. The third-order valence-corrected chi connectivity index (χ3v) is 10.3. The van der Waals surface area contributed by atoms with Crippen LogP contribution in [0.15, 0.2) is 168 Å². The lowest BCUT2D eigenvalue weighted by atomic mass is 9.93. The van der Waals surface area contributed by atoms with Crippen molar-refractivity contribution in [2.24, 2.45) is 0 Å². The van der Waals surface area contributed by atoms with E-state index in [0.717, 1.165) is 59.1 Å². The van der Waals surface area contributed by atoms with Crippen LogP contribution in [0.25, 0.3) is 98.5 Å². The highest BCUT2D eigenvalue weighted by Crippen LogP contribution is 2.46. The molecule has 0 aliphatic heterocycles. The van der Waals surface area contributed by atoms with E-state index in [-0.39, 0.29) is 29.8 Å². The maximum absolute atomic E-state index is 8.87. The summed E-state index contributed by atoms with van der Waals surface area (Å²) in [5.41, 5.74) is 7.03. The SMILES string of the molecule is [2H]c1c([2H])c([2H])c2c(oc3c(-c4ccccc4)cc(-c4cccc5sc6c(-c7nc(-c8ccccc8)nc(-c8ccccc8)n7)cccc6c45)cc32)c1[2H]. The van der Waals surface area contributed by atoms with Crippen molar-refractivity contribution < 1.29 is 9.90 Å². The molecule has 50 heavy (non-hydrogen) atoms. The molecule has 0 atom stereocenters. The summed E-state index contributed by atoms with van der Waals surface area (Å²) in [6, 6.07) is 45.6. The third kappa shape index (κ3) is 4.71. The van der Waals surface area contributed by atoms with Crippen molar-refractivity contribution in [2.45, 2.75) is 0 Å². The normalized spacial score (nSPS) is 12.7. The number of aromatic nitrogens is 3. The second kappa shape index (κ2) is 11.6. The summed E-state index contributed by atoms with van der Waals surface area (Å²) in [6.45, 7) is 0. The Morgan fingerprint density at radius 3 is 1.82 bits per heavy atom. The Labute approximate surface area is 297 Å². The minimum absolute atomic E-state index is 0.119. The molecular weight excluding hydrogens is 631 g/mol. The first kappa shape index (κ1) is 24.7. The molecular formula is C45H27N3OS. The summed E-state index contributed by atoms with van der Waals surface area (Å²) in [4.78, 5) is 15.0. The standard InChI is InChI=1S/C45H27N3OS/c1-4-14-28(15-5-1)36-26-31(27-37-33-20-10-11-24-38(33)49-41(36)37)32-21-13-25-39-40(32)34-22-12-23-35(42(34)50-39)45-47-43(29-16-6-2-7-17-29)46-44(48-45)30-18-8-3-9-19-30/h1-27H/i10D,11D,20D,24D. The molecule has 3 heterocycles. The van der Waals surface area contributed by atoms with Crippen molar-refractivity contribution in [1.82, 2.24) is 15.0 Å². The molecule has 0 aliphatic rings. The molecule has 0 aliphatic carbocycles. The number of furan rings is 1. The maximum Gasteiger partial charge on any atom is 0.165 e. The van der Waals surface area contributed by atoms with Gasteiger partial charge >= 0.3 is 0 Å². The summed E-state index contributed by atoms with van der Waals surface area (Å²) >= 11 is 1.69. The van der Waals surface area contributed by atoms with Crippen molar-refractivity contribution in [2.75, 3.05) is 0 Å². The van der Waals surface area contributed by atoms with Gasteiger partial charge in [-0.1, -0.05) is 133 Å². The second-order valence-corrected chi connectivity index (χ2v) is 13.1. The number of hydrogen-bond donors (Lipinski definition) is 0. The zero-order chi connectivity index (χ0) is 36.5. The fourth-order valence-corrected chi connectivity index (χ4v) is 8.01. The van der Waals surface area contributed by atoms with E-state index in [2.05, 4.69) is 36.4 Å². The van der Waals surface area contributed by atoms with Gasteiger partial charge in [-0.2, -0.15) is 0 Å². The predicted molar refractivity (Wildman–Crippen MR) is 207 cm³/mol. The van der Waals surface area contributed by atoms with Crippen LogP contribution in [0.5, 0.6) is 0 Å². The zero-order valence-corrected chi connectivity index (χ0v) is 27.3. The Hall–Kier alpha value is -6.43. The van der Waals surface area contributed by atoms with Gasteiger partial charge in [-0.15, -0.1) is 11.3 Å². The highest BCUT2D eigenvalue weighted by atomic mass is 32.1. The summed E-state index contributed by atoms with van der Waals surface area (Å²) in [5.74, 6) is 1.80. The monoisotopic (exact) mass is 661 g/mol. The van der Waals surface area contributed by atoms with Gasteiger partial charge in [-0.25, -0.2) is 15.0 Å². The molecule has 0 amide bonds. The molecule has 10 rings (SSSR count). The fraction of sp³-hybridized carbons (Fsp3) is 0. The average Bonchev–Trinajstić information content (AvgIpc) is 3.82. The van der Waals surface area contributed by atoms with Gasteiger partial charge in [-0.3, -0.25) is 0 Å². The number of benzene rings is 7. The van der Waals surface area contributed by atoms with Gasteiger partial charge in [0.1, 0.15) is 11.2 Å². The largest absolute Gasteiger partial charge is 0.455 e. The van der Waals surface area contributed by atoms with Crippen LogP contribution in [0.4, 0.5) is 0 Å². The van der Waals surface area contributed by atoms with E-state index < -0.39 is 0 Å². The summed E-state index contributed by atoms with van der Waals surface area (Å²) < 4.78 is 42.8. The number of nitrogens with zero attached hydrogens (tertiary/aromatic N) is 3. The Morgan fingerprint density at radius 2 is 1.10 bits per heavy atom. The van der Waals surface area contributed by atoms with E-state index in [1.54, 1.807) is 11.3 Å². The Balaban J connectivity index is 1.23. The third-order valence-electron chi connectivity index (χ3n) is 9.07. The number of fused-ring (bicyclic) bond motifs is 6. The van der Waals surface area contributed by atoms with E-state index in [4.69, 9.17) is 24.9 Å². The number of para-hydroxylation sites is 1. The van der Waals surface area contributed by atoms with Crippen molar-refractivity contribution in [3.8, 4) is 56.4 Å². The van der Waals surface area contributed by atoms with Gasteiger partial charge in [0.15, 0.2) is 17.5 Å². The Kier molecular flexibility index (Phi) is 5.73. The van der Waals surface area contributed by atoms with Crippen LogP contribution in [0.3, 0.4) is 0 Å². The molecule has 0 spiro atoms. The Bertz CT molecular complexity index is 3030. The lowest BCUT2D eigenvalue weighted by Crippen LogP contribution is -2.00. The molecule has 0 saturated carbocycles. The van der Waals surface area contributed by atoms with Crippen LogP contribution >= 0.6 is 11.3 Å². The van der Waals surface area contributed by atoms with Crippen LogP contribution in [-0.2, 0) is 0 Å². The number of rotatable bonds is 5. The van der Waals surface area contributed by atoms with E-state index in [9.17, 15) is 0 Å². The average molecular weight is 662 g/mol. The summed E-state index contributed by atoms with van der Waals surface area (Å²) in [7, 11) is 0. The molecule has 0 bridgehead atoms. The molecule has 234 valence electrons. The number of hydrogen-bond acceptors (Lipinski definition) is 5. The van der Waals surface area contributed by atoms with Gasteiger partial charge < -0.3 is 4.42 Å². The first-order valence-electron chi connectivity index (χ1n) is 18.3. The summed E-state index contributed by atoms with van der Waals surface area (Å²) in [6.07, 6.45) is 0. The molecule has 0 saturated heterocycles. The topological polar surface area (TPSA) is 51.8 Å². The summed E-state index contributed by atoms with van der Waals surface area (Å²) in [5, 5.41) is 3.15. The first-order chi connectivity index (χ1) is 26.4. The molecule has 4 nitrogen and oxygen atoms in total. The molecule has 5 heteroatoms. The van der Waals surface area contributed by atoms with Crippen LogP contribution in [0, 0.1) is 0 Å². The van der Waals surface area contributed by atoms with Crippen LogP contribution in [-0.4, -0.2) is 15.0 Å². The minimum atomic E-state index is -0.316. The van der Waals surface area contributed by atoms with Crippen LogP contribution in [0.2, 0.25) is 0 Å². The van der Waals surface area contributed by atoms with E-state index in [0.29, 0.717) is 33.8 Å². The second-order valence-electron chi connectivity index (χ2n) is 12.1. The van der Waals surface area contributed by atoms with Crippen LogP contribution < -0.4 is 0 Å². The minimum Gasteiger partial charge on any atom is -0.455 e. The lowest BCUT2D eigenvalue weighted by molar-refractivity contribution is 0.670. The molecule has 7 aromatic carbocycles. The van der Waals surface area contributed by atoms with E-state index >= 15 is 0 Å². The van der Waals surface area contributed by atoms with Crippen LogP contribution in [0.1, 0.15) is 5.48 Å². The van der Waals surface area contributed by atoms with Crippen molar-refractivity contribution in [3.05, 3.63) is 164 Å². The highest BCUT2D eigenvalue weighted by Gasteiger charge is 2.20. The number of thiophene rings is 1. The zero-order valence-electron chi connectivity index (χ0n) is 30.4. The van der Waals surface area contributed by atoms with E-state index in [1.807, 2.05) is 103 Å². The molecule has 10 aromatic rings. The van der Waals surface area contributed by atoms with Gasteiger partial charge in [0.05, 0.1) is 5.48 Å². The van der Waals surface area contributed by atoms with Gasteiger partial charge in [0, 0.05) is 53.2 Å². The van der Waals surface area contributed by atoms with Gasteiger partial charge in [-0.05, 0) is 47.0 Å². The molecule has 0 radical (unpaired) electrons. The Morgan fingerprint density at radius 1 is 0.480 bits per heavy atom.